The molecular weight excluding hydrogens is 314 g/mol. The number of nitrogens with zero attached hydrogens (tertiary/aromatic N) is 1. The number of piperidine rings is 1. The summed E-state index contributed by atoms with van der Waals surface area (Å²) < 4.78 is 0. The van der Waals surface area contributed by atoms with E-state index in [0.717, 1.165) is 26.1 Å². The zero-order valence-corrected chi connectivity index (χ0v) is 15.7. The quantitative estimate of drug-likeness (QED) is 0.677. The highest BCUT2D eigenvalue weighted by atomic mass is 16.3. The van der Waals surface area contributed by atoms with Gasteiger partial charge in [0.05, 0.1) is 0 Å². The van der Waals surface area contributed by atoms with Crippen molar-refractivity contribution >= 4 is 6.03 Å². The molecular formula is C20H33N3O2. The molecule has 1 aliphatic rings. The first-order chi connectivity index (χ1) is 12.1. The lowest BCUT2D eigenvalue weighted by atomic mass is 9.95. The van der Waals surface area contributed by atoms with Gasteiger partial charge in [0, 0.05) is 25.2 Å². The molecule has 140 valence electrons. The number of carbonyl (C=O) groups excluding carboxylic acids is 1. The normalized spacial score (nSPS) is 17.7. The Morgan fingerprint density at radius 3 is 2.52 bits per heavy atom. The maximum atomic E-state index is 12.3. The van der Waals surface area contributed by atoms with E-state index in [0.29, 0.717) is 13.0 Å². The van der Waals surface area contributed by atoms with Gasteiger partial charge in [-0.2, -0.15) is 0 Å². The molecule has 0 aliphatic carbocycles. The van der Waals surface area contributed by atoms with Crippen molar-refractivity contribution < 1.29 is 9.90 Å². The van der Waals surface area contributed by atoms with Crippen molar-refractivity contribution in [2.24, 2.45) is 0 Å². The number of carbonyl (C=O) groups is 1. The second kappa shape index (κ2) is 9.78. The van der Waals surface area contributed by atoms with Crippen molar-refractivity contribution in [1.29, 1.82) is 0 Å². The molecule has 1 aromatic carbocycles. The van der Waals surface area contributed by atoms with E-state index in [9.17, 15) is 4.79 Å². The van der Waals surface area contributed by atoms with Crippen LogP contribution in [0.5, 0.6) is 0 Å². The molecule has 2 amide bonds. The van der Waals surface area contributed by atoms with Crippen LogP contribution in [0.1, 0.15) is 57.1 Å². The molecule has 25 heavy (non-hydrogen) atoms. The molecule has 1 atom stereocenters. The fourth-order valence-corrected chi connectivity index (χ4v) is 3.31. The Morgan fingerprint density at radius 2 is 1.88 bits per heavy atom. The predicted molar refractivity (Wildman–Crippen MR) is 101 cm³/mol. The van der Waals surface area contributed by atoms with Gasteiger partial charge in [-0.15, -0.1) is 0 Å². The van der Waals surface area contributed by atoms with Gasteiger partial charge in [-0.1, -0.05) is 37.6 Å². The molecule has 1 heterocycles. The third kappa shape index (κ3) is 6.33. The third-order valence-corrected chi connectivity index (χ3v) is 5.26. The minimum atomic E-state index is -0.369. The monoisotopic (exact) mass is 347 g/mol. The van der Waals surface area contributed by atoms with Gasteiger partial charge < -0.3 is 15.7 Å². The number of rotatable bonds is 8. The third-order valence-electron chi connectivity index (χ3n) is 5.26. The van der Waals surface area contributed by atoms with E-state index in [1.807, 2.05) is 19.9 Å². The molecule has 0 saturated carbocycles. The number of hydrogen-bond acceptors (Lipinski definition) is 3. The molecule has 0 aromatic heterocycles. The van der Waals surface area contributed by atoms with Crippen molar-refractivity contribution in [1.82, 2.24) is 15.5 Å². The number of aliphatic hydroxyl groups excluding tert-OH is 1. The molecule has 2 rings (SSSR count). The second-order valence-electron chi connectivity index (χ2n) is 7.30. The van der Waals surface area contributed by atoms with Crippen LogP contribution in [0.25, 0.3) is 0 Å². The average molecular weight is 348 g/mol. The molecule has 1 unspecified atom stereocenters. The van der Waals surface area contributed by atoms with E-state index in [1.54, 1.807) is 0 Å². The Morgan fingerprint density at radius 1 is 1.20 bits per heavy atom. The average Bonchev–Trinajstić information content (AvgIpc) is 2.62. The number of benzene rings is 1. The summed E-state index contributed by atoms with van der Waals surface area (Å²) in [6, 6.07) is 8.16. The fourth-order valence-electron chi connectivity index (χ4n) is 3.31. The van der Waals surface area contributed by atoms with Crippen LogP contribution in [0, 0.1) is 0 Å². The van der Waals surface area contributed by atoms with E-state index >= 15 is 0 Å². The molecule has 5 heteroatoms. The summed E-state index contributed by atoms with van der Waals surface area (Å²) in [5.41, 5.74) is 2.09. The molecule has 0 spiro atoms. The lowest BCUT2D eigenvalue weighted by Gasteiger charge is -2.29. The van der Waals surface area contributed by atoms with Crippen molar-refractivity contribution in [2.45, 2.75) is 64.6 Å². The Bertz CT molecular complexity index is 543. The molecule has 0 bridgehead atoms. The van der Waals surface area contributed by atoms with Gasteiger partial charge in [-0.3, -0.25) is 4.90 Å². The molecule has 1 aromatic rings. The fraction of sp³-hybridized carbons (Fsp3) is 0.650. The van der Waals surface area contributed by atoms with Gasteiger partial charge in [0.1, 0.15) is 0 Å². The summed E-state index contributed by atoms with van der Waals surface area (Å²) in [6.07, 6.45) is 5.24. The minimum Gasteiger partial charge on any atom is -0.396 e. The number of aliphatic hydroxyl groups is 1. The second-order valence-corrected chi connectivity index (χ2v) is 7.30. The smallest absolute Gasteiger partial charge is 0.315 e. The van der Waals surface area contributed by atoms with Crippen molar-refractivity contribution in [2.75, 3.05) is 19.7 Å². The van der Waals surface area contributed by atoms with E-state index in [2.05, 4.69) is 33.7 Å². The topological polar surface area (TPSA) is 64.6 Å². The van der Waals surface area contributed by atoms with Gasteiger partial charge in [-0.05, 0) is 56.8 Å². The number of nitrogens with one attached hydrogen (secondary N) is 2. The maximum Gasteiger partial charge on any atom is 0.315 e. The van der Waals surface area contributed by atoms with E-state index < -0.39 is 0 Å². The van der Waals surface area contributed by atoms with Crippen LogP contribution in [0.4, 0.5) is 4.79 Å². The van der Waals surface area contributed by atoms with Crippen LogP contribution in [0.3, 0.4) is 0 Å². The van der Waals surface area contributed by atoms with Crippen LogP contribution < -0.4 is 10.6 Å². The zero-order valence-electron chi connectivity index (χ0n) is 15.7. The molecule has 1 fully saturated rings. The SMILES string of the molecule is CCC(C)(CCO)NC(=O)NCc1ccccc1CN1CCCCC1. The molecule has 5 nitrogen and oxygen atoms in total. The molecule has 3 N–H and O–H groups in total. The number of likely N-dealkylation sites (tertiary alicyclic amines) is 1. The Hall–Kier alpha value is -1.59. The summed E-state index contributed by atoms with van der Waals surface area (Å²) in [5.74, 6) is 0. The Labute approximate surface area is 151 Å². The first kappa shape index (κ1) is 19.7. The molecule has 1 saturated heterocycles. The van der Waals surface area contributed by atoms with Gasteiger partial charge in [0.2, 0.25) is 0 Å². The molecule has 0 radical (unpaired) electrons. The summed E-state index contributed by atoms with van der Waals surface area (Å²) in [4.78, 5) is 14.8. The van der Waals surface area contributed by atoms with E-state index in [-0.39, 0.29) is 18.2 Å². The van der Waals surface area contributed by atoms with E-state index in [4.69, 9.17) is 5.11 Å². The van der Waals surface area contributed by atoms with E-state index in [1.165, 1.54) is 30.4 Å². The number of hydrogen-bond donors (Lipinski definition) is 3. The first-order valence-corrected chi connectivity index (χ1v) is 9.52. The van der Waals surface area contributed by atoms with Crippen LogP contribution in [-0.4, -0.2) is 41.3 Å². The maximum absolute atomic E-state index is 12.3. The summed E-state index contributed by atoms with van der Waals surface area (Å²) in [6.45, 7) is 7.86. The Kier molecular flexibility index (Phi) is 7.72. The van der Waals surface area contributed by atoms with Gasteiger partial charge in [0.15, 0.2) is 0 Å². The predicted octanol–water partition coefficient (Wildman–Crippen LogP) is 3.02. The zero-order chi connectivity index (χ0) is 18.1. The highest BCUT2D eigenvalue weighted by Crippen LogP contribution is 2.17. The molecule has 1 aliphatic heterocycles. The lowest BCUT2D eigenvalue weighted by molar-refractivity contribution is 0.200. The highest BCUT2D eigenvalue weighted by Gasteiger charge is 2.23. The highest BCUT2D eigenvalue weighted by molar-refractivity contribution is 5.74. The largest absolute Gasteiger partial charge is 0.396 e. The number of amides is 2. The minimum absolute atomic E-state index is 0.0727. The van der Waals surface area contributed by atoms with Gasteiger partial charge >= 0.3 is 6.03 Å². The van der Waals surface area contributed by atoms with Crippen LogP contribution in [0.15, 0.2) is 24.3 Å². The van der Waals surface area contributed by atoms with Crippen LogP contribution in [0.2, 0.25) is 0 Å². The summed E-state index contributed by atoms with van der Waals surface area (Å²) in [7, 11) is 0. The van der Waals surface area contributed by atoms with Crippen molar-refractivity contribution in [3.05, 3.63) is 35.4 Å². The number of urea groups is 1. The van der Waals surface area contributed by atoms with Gasteiger partial charge in [-0.25, -0.2) is 4.79 Å². The van der Waals surface area contributed by atoms with Gasteiger partial charge in [0.25, 0.3) is 0 Å². The summed E-state index contributed by atoms with van der Waals surface area (Å²) >= 11 is 0. The lowest BCUT2D eigenvalue weighted by Crippen LogP contribution is -2.50. The Balaban J connectivity index is 1.90. The van der Waals surface area contributed by atoms with Crippen molar-refractivity contribution in [3.8, 4) is 0 Å². The van der Waals surface area contributed by atoms with Crippen LogP contribution >= 0.6 is 0 Å². The summed E-state index contributed by atoms with van der Waals surface area (Å²) in [5, 5.41) is 15.1. The van der Waals surface area contributed by atoms with Crippen LogP contribution in [-0.2, 0) is 13.1 Å². The first-order valence-electron chi connectivity index (χ1n) is 9.52. The van der Waals surface area contributed by atoms with Crippen molar-refractivity contribution in [3.63, 3.8) is 0 Å². The standard InChI is InChI=1S/C20H33N3O2/c1-3-20(2,11-14-24)22-19(25)21-15-17-9-5-6-10-18(17)16-23-12-7-4-8-13-23/h5-6,9-10,24H,3-4,7-8,11-16H2,1-2H3,(H2,21,22,25).